The van der Waals surface area contributed by atoms with Gasteiger partial charge in [-0.1, -0.05) is 13.8 Å². The van der Waals surface area contributed by atoms with E-state index in [1.54, 1.807) is 24.5 Å². The summed E-state index contributed by atoms with van der Waals surface area (Å²) in [7, 11) is 0. The number of carboxylic acids is 1. The molecule has 1 aromatic heterocycles. The molecule has 1 heterocycles. The first kappa shape index (κ1) is 14.5. The summed E-state index contributed by atoms with van der Waals surface area (Å²) in [5.74, 6) is -0.900. The lowest BCUT2D eigenvalue weighted by Crippen LogP contribution is -2.24. The molecule has 0 amide bonds. The van der Waals surface area contributed by atoms with Gasteiger partial charge in [-0.15, -0.1) is 0 Å². The zero-order valence-electron chi connectivity index (χ0n) is 12.0. The van der Waals surface area contributed by atoms with Gasteiger partial charge in [0.1, 0.15) is 0 Å². The Morgan fingerprint density at radius 1 is 1.35 bits per heavy atom. The lowest BCUT2D eigenvalue weighted by molar-refractivity contribution is 0.0697. The SMILES string of the molecule is CCN(CC)CCCn1cnc2ccc(C(=O)O)cc21. The van der Waals surface area contributed by atoms with Crippen molar-refractivity contribution in [2.75, 3.05) is 19.6 Å². The Balaban J connectivity index is 2.10. The molecule has 0 saturated heterocycles. The van der Waals surface area contributed by atoms with E-state index in [0.29, 0.717) is 5.56 Å². The number of benzene rings is 1. The minimum atomic E-state index is -0.900. The number of hydrogen-bond donors (Lipinski definition) is 1. The first-order valence-electron chi connectivity index (χ1n) is 7.06. The van der Waals surface area contributed by atoms with Crippen molar-refractivity contribution in [1.29, 1.82) is 0 Å². The van der Waals surface area contributed by atoms with Gasteiger partial charge < -0.3 is 14.6 Å². The van der Waals surface area contributed by atoms with Crippen molar-refractivity contribution in [3.8, 4) is 0 Å². The Morgan fingerprint density at radius 2 is 2.10 bits per heavy atom. The molecule has 0 aliphatic carbocycles. The van der Waals surface area contributed by atoms with Crippen LogP contribution in [0, 0.1) is 0 Å². The number of fused-ring (bicyclic) bond motifs is 1. The molecule has 5 heteroatoms. The number of imidazole rings is 1. The van der Waals surface area contributed by atoms with Gasteiger partial charge >= 0.3 is 5.97 Å². The molecule has 0 saturated carbocycles. The van der Waals surface area contributed by atoms with Crippen molar-refractivity contribution in [1.82, 2.24) is 14.5 Å². The zero-order valence-corrected chi connectivity index (χ0v) is 12.0. The third-order valence-electron chi connectivity index (χ3n) is 3.64. The molecule has 2 rings (SSSR count). The molecule has 20 heavy (non-hydrogen) atoms. The van der Waals surface area contributed by atoms with E-state index in [1.165, 1.54) is 0 Å². The highest BCUT2D eigenvalue weighted by Crippen LogP contribution is 2.15. The van der Waals surface area contributed by atoms with Gasteiger partial charge in [0.15, 0.2) is 0 Å². The van der Waals surface area contributed by atoms with E-state index in [1.807, 2.05) is 4.57 Å². The summed E-state index contributed by atoms with van der Waals surface area (Å²) in [5, 5.41) is 9.05. The number of carbonyl (C=O) groups is 1. The monoisotopic (exact) mass is 275 g/mol. The fraction of sp³-hybridized carbons (Fsp3) is 0.467. The summed E-state index contributed by atoms with van der Waals surface area (Å²) in [5.41, 5.74) is 2.05. The molecule has 0 bridgehead atoms. The summed E-state index contributed by atoms with van der Waals surface area (Å²) >= 11 is 0. The van der Waals surface area contributed by atoms with Crippen LogP contribution in [0.25, 0.3) is 11.0 Å². The van der Waals surface area contributed by atoms with Crippen LogP contribution >= 0.6 is 0 Å². The Bertz CT molecular complexity index is 588. The van der Waals surface area contributed by atoms with Crippen molar-refractivity contribution in [3.63, 3.8) is 0 Å². The van der Waals surface area contributed by atoms with E-state index in [4.69, 9.17) is 5.11 Å². The van der Waals surface area contributed by atoms with E-state index >= 15 is 0 Å². The molecule has 0 radical (unpaired) electrons. The Morgan fingerprint density at radius 3 is 2.75 bits per heavy atom. The molecule has 1 aromatic carbocycles. The molecule has 0 atom stereocenters. The van der Waals surface area contributed by atoms with Crippen LogP contribution in [0.5, 0.6) is 0 Å². The number of aromatic carboxylic acids is 1. The van der Waals surface area contributed by atoms with E-state index in [9.17, 15) is 4.79 Å². The third kappa shape index (κ3) is 3.17. The van der Waals surface area contributed by atoms with Gasteiger partial charge in [0, 0.05) is 6.54 Å². The molecular weight excluding hydrogens is 254 g/mol. The van der Waals surface area contributed by atoms with Crippen molar-refractivity contribution in [2.24, 2.45) is 0 Å². The normalized spacial score (nSPS) is 11.3. The Labute approximate surface area is 118 Å². The number of hydrogen-bond acceptors (Lipinski definition) is 3. The minimum Gasteiger partial charge on any atom is -0.478 e. The average molecular weight is 275 g/mol. The van der Waals surface area contributed by atoms with Crippen LogP contribution in [0.15, 0.2) is 24.5 Å². The van der Waals surface area contributed by atoms with Crippen molar-refractivity contribution in [2.45, 2.75) is 26.8 Å². The second-order valence-electron chi connectivity index (χ2n) is 4.83. The van der Waals surface area contributed by atoms with Crippen LogP contribution in [0.4, 0.5) is 0 Å². The number of rotatable bonds is 7. The molecule has 0 aliphatic rings. The zero-order chi connectivity index (χ0) is 14.5. The summed E-state index contributed by atoms with van der Waals surface area (Å²) in [6.07, 6.45) is 2.82. The highest BCUT2D eigenvalue weighted by molar-refractivity contribution is 5.92. The molecule has 1 N–H and O–H groups in total. The average Bonchev–Trinajstić information content (AvgIpc) is 2.86. The first-order chi connectivity index (χ1) is 9.65. The predicted molar refractivity (Wildman–Crippen MR) is 79.1 cm³/mol. The number of nitrogens with zero attached hydrogens (tertiary/aromatic N) is 3. The van der Waals surface area contributed by atoms with Crippen molar-refractivity contribution in [3.05, 3.63) is 30.1 Å². The molecule has 5 nitrogen and oxygen atoms in total. The topological polar surface area (TPSA) is 58.4 Å². The third-order valence-corrected chi connectivity index (χ3v) is 3.64. The molecule has 2 aromatic rings. The quantitative estimate of drug-likeness (QED) is 0.843. The first-order valence-corrected chi connectivity index (χ1v) is 7.06. The highest BCUT2D eigenvalue weighted by Gasteiger charge is 2.08. The molecule has 0 unspecified atom stereocenters. The van der Waals surface area contributed by atoms with Crippen molar-refractivity contribution < 1.29 is 9.90 Å². The standard InChI is InChI=1S/C15H21N3O2/c1-3-17(4-2)8-5-9-18-11-16-13-7-6-12(15(19)20)10-14(13)18/h6-7,10-11H,3-5,8-9H2,1-2H3,(H,19,20). The molecule has 108 valence electrons. The maximum Gasteiger partial charge on any atom is 0.335 e. The largest absolute Gasteiger partial charge is 0.478 e. The maximum absolute atomic E-state index is 11.0. The van der Waals surface area contributed by atoms with Crippen LogP contribution in [0.1, 0.15) is 30.6 Å². The smallest absolute Gasteiger partial charge is 0.335 e. The molecule has 0 aliphatic heterocycles. The van der Waals surface area contributed by atoms with Crippen LogP contribution in [0.2, 0.25) is 0 Å². The van der Waals surface area contributed by atoms with Crippen molar-refractivity contribution >= 4 is 17.0 Å². The van der Waals surface area contributed by atoms with Gasteiger partial charge in [-0.25, -0.2) is 9.78 Å². The van der Waals surface area contributed by atoms with Crippen LogP contribution in [0.3, 0.4) is 0 Å². The summed E-state index contributed by atoms with van der Waals surface area (Å²) in [4.78, 5) is 17.7. The second kappa shape index (κ2) is 6.52. The minimum absolute atomic E-state index is 0.308. The predicted octanol–water partition coefficient (Wildman–Crippen LogP) is 2.47. The van der Waals surface area contributed by atoms with E-state index < -0.39 is 5.97 Å². The van der Waals surface area contributed by atoms with E-state index in [0.717, 1.165) is 43.6 Å². The Kier molecular flexibility index (Phi) is 4.74. The molecule has 0 spiro atoms. The number of carboxylic acid groups (broad SMARTS) is 1. The lowest BCUT2D eigenvalue weighted by atomic mass is 10.2. The highest BCUT2D eigenvalue weighted by atomic mass is 16.4. The summed E-state index contributed by atoms with van der Waals surface area (Å²) in [6, 6.07) is 5.06. The number of aromatic nitrogens is 2. The van der Waals surface area contributed by atoms with Crippen LogP contribution < -0.4 is 0 Å². The maximum atomic E-state index is 11.0. The van der Waals surface area contributed by atoms with Gasteiger partial charge in [0.2, 0.25) is 0 Å². The number of aryl methyl sites for hydroxylation is 1. The molecular formula is C15H21N3O2. The molecule has 0 fully saturated rings. The summed E-state index contributed by atoms with van der Waals surface area (Å²) in [6.45, 7) is 8.35. The van der Waals surface area contributed by atoms with Gasteiger partial charge in [0.05, 0.1) is 22.9 Å². The fourth-order valence-corrected chi connectivity index (χ4v) is 2.37. The fourth-order valence-electron chi connectivity index (χ4n) is 2.37. The summed E-state index contributed by atoms with van der Waals surface area (Å²) < 4.78 is 2.03. The van der Waals surface area contributed by atoms with Crippen LogP contribution in [-0.2, 0) is 6.54 Å². The Hall–Kier alpha value is -1.88. The van der Waals surface area contributed by atoms with Gasteiger partial charge in [0.25, 0.3) is 0 Å². The van der Waals surface area contributed by atoms with E-state index in [-0.39, 0.29) is 0 Å². The van der Waals surface area contributed by atoms with Crippen LogP contribution in [-0.4, -0.2) is 45.2 Å². The lowest BCUT2D eigenvalue weighted by Gasteiger charge is -2.17. The van der Waals surface area contributed by atoms with Gasteiger partial charge in [-0.3, -0.25) is 0 Å². The van der Waals surface area contributed by atoms with Gasteiger partial charge in [-0.2, -0.15) is 0 Å². The van der Waals surface area contributed by atoms with Gasteiger partial charge in [-0.05, 0) is 44.3 Å². The van der Waals surface area contributed by atoms with E-state index in [2.05, 4.69) is 23.7 Å². The second-order valence-corrected chi connectivity index (χ2v) is 4.83.